The highest BCUT2D eigenvalue weighted by Gasteiger charge is 2.54. The summed E-state index contributed by atoms with van der Waals surface area (Å²) in [4.78, 5) is 29.4. The standard InChI is InChI=1S/C29H33NO6/c1-16-12-17(2)24-23(13-16)36-28-25(27(24)32)26(19-6-5-7-20(31)15-19)30(29(28)33)11-10-18-8-9-21(34-3)22(14-18)35-4/h5-9,14-17,23-24,26,31H,10-13H2,1-4H3. The molecule has 190 valence electrons. The van der Waals surface area contributed by atoms with Gasteiger partial charge in [-0.1, -0.05) is 32.0 Å². The number of methoxy groups -OCH3 is 2. The molecule has 0 spiro atoms. The molecule has 36 heavy (non-hydrogen) atoms. The first-order chi connectivity index (χ1) is 17.3. The summed E-state index contributed by atoms with van der Waals surface area (Å²) in [5, 5.41) is 10.2. The van der Waals surface area contributed by atoms with E-state index in [2.05, 4.69) is 13.8 Å². The molecule has 1 aliphatic carbocycles. The minimum Gasteiger partial charge on any atom is -0.508 e. The second kappa shape index (κ2) is 9.52. The number of amides is 1. The quantitative estimate of drug-likeness (QED) is 0.643. The van der Waals surface area contributed by atoms with Crippen LogP contribution in [0, 0.1) is 17.8 Å². The van der Waals surface area contributed by atoms with Crippen molar-refractivity contribution in [2.45, 2.75) is 45.3 Å². The molecule has 0 saturated heterocycles. The lowest BCUT2D eigenvalue weighted by Gasteiger charge is -2.41. The summed E-state index contributed by atoms with van der Waals surface area (Å²) in [5.41, 5.74) is 2.11. The monoisotopic (exact) mass is 491 g/mol. The van der Waals surface area contributed by atoms with Gasteiger partial charge in [-0.25, -0.2) is 0 Å². The second-order valence-electron chi connectivity index (χ2n) is 10.3. The molecule has 7 heteroatoms. The largest absolute Gasteiger partial charge is 0.508 e. The fraction of sp³-hybridized carbons (Fsp3) is 0.448. The highest BCUT2D eigenvalue weighted by Crippen LogP contribution is 2.49. The van der Waals surface area contributed by atoms with Gasteiger partial charge >= 0.3 is 0 Å². The third kappa shape index (κ3) is 4.10. The number of benzene rings is 2. The number of ketones is 1. The summed E-state index contributed by atoms with van der Waals surface area (Å²) in [6.45, 7) is 4.65. The molecule has 2 aromatic carbocycles. The van der Waals surface area contributed by atoms with Crippen LogP contribution >= 0.6 is 0 Å². The highest BCUT2D eigenvalue weighted by atomic mass is 16.5. The van der Waals surface area contributed by atoms with Gasteiger partial charge in [-0.3, -0.25) is 9.59 Å². The maximum atomic E-state index is 13.9. The first-order valence-corrected chi connectivity index (χ1v) is 12.6. The molecule has 2 aromatic rings. The summed E-state index contributed by atoms with van der Waals surface area (Å²) >= 11 is 0. The molecular weight excluding hydrogens is 458 g/mol. The van der Waals surface area contributed by atoms with Crippen LogP contribution in [-0.4, -0.2) is 48.6 Å². The van der Waals surface area contributed by atoms with E-state index in [1.54, 1.807) is 37.3 Å². The van der Waals surface area contributed by atoms with Gasteiger partial charge in [0, 0.05) is 6.54 Å². The lowest BCUT2D eigenvalue weighted by molar-refractivity contribution is -0.138. The van der Waals surface area contributed by atoms with Gasteiger partial charge in [-0.2, -0.15) is 0 Å². The van der Waals surface area contributed by atoms with E-state index >= 15 is 0 Å². The van der Waals surface area contributed by atoms with Gasteiger partial charge in [0.05, 0.1) is 31.8 Å². The summed E-state index contributed by atoms with van der Waals surface area (Å²) in [6, 6.07) is 11.9. The SMILES string of the molecule is COc1ccc(CCN2C(=O)C3=C(C(=O)C4C(C)CC(C)CC4O3)C2c2cccc(O)c2)cc1OC. The van der Waals surface area contributed by atoms with Crippen LogP contribution in [0.2, 0.25) is 0 Å². The van der Waals surface area contributed by atoms with Crippen molar-refractivity contribution in [2.75, 3.05) is 20.8 Å². The summed E-state index contributed by atoms with van der Waals surface area (Å²) in [5.74, 6) is 1.65. The Labute approximate surface area is 211 Å². The van der Waals surface area contributed by atoms with Crippen molar-refractivity contribution < 1.29 is 28.9 Å². The van der Waals surface area contributed by atoms with E-state index in [9.17, 15) is 14.7 Å². The predicted molar refractivity (Wildman–Crippen MR) is 134 cm³/mol. The molecule has 5 unspecified atom stereocenters. The molecule has 2 aliphatic heterocycles. The topological polar surface area (TPSA) is 85.3 Å². The average Bonchev–Trinajstić information content (AvgIpc) is 3.13. The van der Waals surface area contributed by atoms with E-state index in [4.69, 9.17) is 14.2 Å². The molecular formula is C29H33NO6. The van der Waals surface area contributed by atoms with Crippen molar-refractivity contribution in [1.82, 2.24) is 4.90 Å². The van der Waals surface area contributed by atoms with Crippen molar-refractivity contribution in [2.24, 2.45) is 17.8 Å². The lowest BCUT2D eigenvalue weighted by atomic mass is 9.69. The van der Waals surface area contributed by atoms with Crippen LogP contribution in [0.15, 0.2) is 53.8 Å². The number of hydrogen-bond donors (Lipinski definition) is 1. The van der Waals surface area contributed by atoms with Crippen LogP contribution in [0.25, 0.3) is 0 Å². The zero-order valence-electron chi connectivity index (χ0n) is 21.2. The molecule has 3 aliphatic rings. The molecule has 0 radical (unpaired) electrons. The van der Waals surface area contributed by atoms with Crippen molar-refractivity contribution in [3.63, 3.8) is 0 Å². The predicted octanol–water partition coefficient (Wildman–Crippen LogP) is 4.44. The van der Waals surface area contributed by atoms with Crippen molar-refractivity contribution >= 4 is 11.7 Å². The first-order valence-electron chi connectivity index (χ1n) is 12.6. The zero-order valence-corrected chi connectivity index (χ0v) is 21.2. The van der Waals surface area contributed by atoms with Crippen LogP contribution in [-0.2, 0) is 20.7 Å². The van der Waals surface area contributed by atoms with E-state index in [1.165, 1.54) is 0 Å². The Morgan fingerprint density at radius 2 is 1.81 bits per heavy atom. The number of rotatable bonds is 6. The molecule has 7 nitrogen and oxygen atoms in total. The Morgan fingerprint density at radius 3 is 2.53 bits per heavy atom. The Kier molecular flexibility index (Phi) is 6.41. The van der Waals surface area contributed by atoms with Gasteiger partial charge in [-0.05, 0) is 66.5 Å². The number of Topliss-reactive ketones (excluding diaryl/α,β-unsaturated/α-hetero) is 1. The van der Waals surface area contributed by atoms with Gasteiger partial charge in [0.15, 0.2) is 23.0 Å². The Balaban J connectivity index is 1.50. The number of ether oxygens (including phenoxy) is 3. The maximum Gasteiger partial charge on any atom is 0.290 e. The summed E-state index contributed by atoms with van der Waals surface area (Å²) in [6.07, 6.45) is 2.02. The van der Waals surface area contributed by atoms with Crippen LogP contribution in [0.5, 0.6) is 17.2 Å². The first kappa shape index (κ1) is 24.2. The smallest absolute Gasteiger partial charge is 0.290 e. The van der Waals surface area contributed by atoms with E-state index in [0.717, 1.165) is 18.4 Å². The number of carbonyl (C=O) groups is 2. The molecule has 5 rings (SSSR count). The van der Waals surface area contributed by atoms with E-state index < -0.39 is 6.04 Å². The Bertz CT molecular complexity index is 1220. The molecule has 0 bridgehead atoms. The fourth-order valence-corrected chi connectivity index (χ4v) is 6.23. The second-order valence-corrected chi connectivity index (χ2v) is 10.3. The Morgan fingerprint density at radius 1 is 1.03 bits per heavy atom. The third-order valence-electron chi connectivity index (χ3n) is 7.82. The molecule has 0 aromatic heterocycles. The van der Waals surface area contributed by atoms with Crippen molar-refractivity contribution in [1.29, 1.82) is 0 Å². The van der Waals surface area contributed by atoms with Crippen LogP contribution in [0.1, 0.15) is 43.9 Å². The molecule has 1 amide bonds. The summed E-state index contributed by atoms with van der Waals surface area (Å²) in [7, 11) is 3.18. The number of phenols is 1. The molecule has 5 atom stereocenters. The van der Waals surface area contributed by atoms with Crippen molar-refractivity contribution in [3.05, 3.63) is 64.9 Å². The fourth-order valence-electron chi connectivity index (χ4n) is 6.23. The van der Waals surface area contributed by atoms with Crippen LogP contribution < -0.4 is 9.47 Å². The van der Waals surface area contributed by atoms with E-state index in [1.807, 2.05) is 24.3 Å². The molecule has 1 saturated carbocycles. The minimum atomic E-state index is -0.597. The van der Waals surface area contributed by atoms with Crippen molar-refractivity contribution in [3.8, 4) is 17.2 Å². The lowest BCUT2D eigenvalue weighted by Crippen LogP contribution is -2.45. The number of aromatic hydroxyl groups is 1. The van der Waals surface area contributed by atoms with Gasteiger partial charge in [-0.15, -0.1) is 0 Å². The number of phenolic OH excluding ortho intramolecular Hbond substituents is 1. The van der Waals surface area contributed by atoms with Gasteiger partial charge in [0.1, 0.15) is 11.9 Å². The van der Waals surface area contributed by atoms with Gasteiger partial charge in [0.2, 0.25) is 0 Å². The number of carbonyl (C=O) groups excluding carboxylic acids is 2. The third-order valence-corrected chi connectivity index (χ3v) is 7.82. The Hall–Kier alpha value is -3.48. The maximum absolute atomic E-state index is 13.9. The minimum absolute atomic E-state index is 0.0101. The summed E-state index contributed by atoms with van der Waals surface area (Å²) < 4.78 is 17.1. The van der Waals surface area contributed by atoms with E-state index in [0.29, 0.717) is 41.5 Å². The number of fused-ring (bicyclic) bond motifs is 1. The molecule has 2 heterocycles. The molecule has 1 N–H and O–H groups in total. The van der Waals surface area contributed by atoms with Gasteiger partial charge in [0.25, 0.3) is 5.91 Å². The zero-order chi connectivity index (χ0) is 25.6. The van der Waals surface area contributed by atoms with Crippen LogP contribution in [0.3, 0.4) is 0 Å². The average molecular weight is 492 g/mol. The number of nitrogens with zero attached hydrogens (tertiary/aromatic N) is 1. The number of hydrogen-bond acceptors (Lipinski definition) is 6. The highest BCUT2D eigenvalue weighted by molar-refractivity contribution is 6.11. The van der Waals surface area contributed by atoms with Gasteiger partial charge < -0.3 is 24.2 Å². The van der Waals surface area contributed by atoms with E-state index in [-0.39, 0.29) is 41.1 Å². The van der Waals surface area contributed by atoms with Crippen LogP contribution in [0.4, 0.5) is 0 Å². The normalized spacial score (nSPS) is 27.4. The molecule has 1 fully saturated rings.